The Kier molecular flexibility index (Phi) is 4.55. The summed E-state index contributed by atoms with van der Waals surface area (Å²) in [6.45, 7) is 0.139. The molecule has 1 aliphatic heterocycles. The Balaban J connectivity index is 1.64. The van der Waals surface area contributed by atoms with E-state index in [0.717, 1.165) is 0 Å². The van der Waals surface area contributed by atoms with Crippen LogP contribution in [0.25, 0.3) is 0 Å². The van der Waals surface area contributed by atoms with Gasteiger partial charge in [-0.2, -0.15) is 0 Å². The minimum Gasteiger partial charge on any atom is -0.460 e. The number of nitrogens with one attached hydrogen (secondary N) is 1. The monoisotopic (exact) mass is 364 g/mol. The number of amidine groups is 1. The first kappa shape index (κ1) is 16.5. The molecule has 0 amide bonds. The summed E-state index contributed by atoms with van der Waals surface area (Å²) in [4.78, 5) is 16.3. The van der Waals surface area contributed by atoms with Crippen molar-refractivity contribution in [2.45, 2.75) is 4.90 Å². The van der Waals surface area contributed by atoms with Crippen LogP contribution in [0.2, 0.25) is 5.02 Å². The smallest absolute Gasteiger partial charge is 0.339 e. The van der Waals surface area contributed by atoms with Crippen molar-refractivity contribution in [1.82, 2.24) is 4.72 Å². The first-order valence-electron chi connectivity index (χ1n) is 7.07. The fraction of sp³-hybridized carbons (Fsp3) is 0.125. The Morgan fingerprint density at radius 2 is 1.83 bits per heavy atom. The summed E-state index contributed by atoms with van der Waals surface area (Å²) in [5, 5.41) is 0.311. The largest absolute Gasteiger partial charge is 0.460 e. The Labute approximate surface area is 144 Å². The van der Waals surface area contributed by atoms with E-state index in [2.05, 4.69) is 9.71 Å². The number of esters is 1. The molecule has 3 rings (SSSR count). The Bertz CT molecular complexity index is 925. The molecule has 0 aliphatic carbocycles. The molecule has 0 aromatic heterocycles. The van der Waals surface area contributed by atoms with Crippen LogP contribution in [0, 0.1) is 0 Å². The third kappa shape index (κ3) is 3.27. The van der Waals surface area contributed by atoms with Gasteiger partial charge >= 0.3 is 5.97 Å². The number of halogens is 1. The van der Waals surface area contributed by atoms with Crippen LogP contribution in [-0.4, -0.2) is 33.4 Å². The number of sulfonamides is 1. The lowest BCUT2D eigenvalue weighted by Crippen LogP contribution is -2.23. The third-order valence-electron chi connectivity index (χ3n) is 3.35. The van der Waals surface area contributed by atoms with Crippen LogP contribution in [0.3, 0.4) is 0 Å². The lowest BCUT2D eigenvalue weighted by molar-refractivity contribution is 0.0517. The number of ether oxygens (including phenoxy) is 1. The maximum atomic E-state index is 11.9. The SMILES string of the molecule is O=C(OCCN=C1NS(=O)(=O)c2ccccc21)c1ccccc1Cl. The van der Waals surface area contributed by atoms with Crippen LogP contribution in [0.1, 0.15) is 15.9 Å². The maximum Gasteiger partial charge on any atom is 0.339 e. The highest BCUT2D eigenvalue weighted by molar-refractivity contribution is 7.90. The van der Waals surface area contributed by atoms with Gasteiger partial charge in [-0.25, -0.2) is 13.2 Å². The zero-order chi connectivity index (χ0) is 17.2. The predicted octanol–water partition coefficient (Wildman–Crippen LogP) is 2.24. The van der Waals surface area contributed by atoms with Crippen molar-refractivity contribution in [3.8, 4) is 0 Å². The number of nitrogens with zero attached hydrogens (tertiary/aromatic N) is 1. The van der Waals surface area contributed by atoms with E-state index < -0.39 is 16.0 Å². The molecule has 1 N–H and O–H groups in total. The van der Waals surface area contributed by atoms with Crippen molar-refractivity contribution < 1.29 is 17.9 Å². The van der Waals surface area contributed by atoms with Crippen LogP contribution in [0.15, 0.2) is 58.4 Å². The van der Waals surface area contributed by atoms with E-state index in [-0.39, 0.29) is 29.4 Å². The number of rotatable bonds is 4. The van der Waals surface area contributed by atoms with Crippen molar-refractivity contribution in [3.05, 3.63) is 64.7 Å². The van der Waals surface area contributed by atoms with Gasteiger partial charge in [0.2, 0.25) is 0 Å². The molecular weight excluding hydrogens is 352 g/mol. The van der Waals surface area contributed by atoms with Crippen molar-refractivity contribution in [2.75, 3.05) is 13.2 Å². The third-order valence-corrected chi connectivity index (χ3v) is 5.08. The first-order chi connectivity index (χ1) is 11.5. The number of benzene rings is 2. The Hall–Kier alpha value is -2.38. The summed E-state index contributed by atoms with van der Waals surface area (Å²) in [6, 6.07) is 13.1. The number of aliphatic imine (C=N–C) groups is 1. The lowest BCUT2D eigenvalue weighted by Gasteiger charge is -2.05. The van der Waals surface area contributed by atoms with E-state index in [0.29, 0.717) is 10.6 Å². The maximum absolute atomic E-state index is 11.9. The standard InChI is InChI=1S/C16H13ClN2O4S/c17-13-7-3-1-5-11(13)16(20)23-10-9-18-15-12-6-2-4-8-14(12)24(21,22)19-15/h1-8H,9-10H2,(H,18,19). The van der Waals surface area contributed by atoms with Crippen LogP contribution in [-0.2, 0) is 14.8 Å². The second kappa shape index (κ2) is 6.62. The number of hydrogen-bond acceptors (Lipinski definition) is 5. The zero-order valence-electron chi connectivity index (χ0n) is 12.4. The van der Waals surface area contributed by atoms with Crippen molar-refractivity contribution >= 4 is 33.4 Å². The van der Waals surface area contributed by atoms with E-state index in [1.807, 2.05) is 0 Å². The first-order valence-corrected chi connectivity index (χ1v) is 8.93. The zero-order valence-corrected chi connectivity index (χ0v) is 14.0. The molecule has 0 bridgehead atoms. The second-order valence-corrected chi connectivity index (χ2v) is 7.01. The van der Waals surface area contributed by atoms with Gasteiger partial charge in [0.25, 0.3) is 10.0 Å². The van der Waals surface area contributed by atoms with Gasteiger partial charge in [0.1, 0.15) is 12.4 Å². The van der Waals surface area contributed by atoms with Crippen molar-refractivity contribution in [3.63, 3.8) is 0 Å². The van der Waals surface area contributed by atoms with Crippen LogP contribution in [0.4, 0.5) is 0 Å². The van der Waals surface area contributed by atoms with E-state index in [9.17, 15) is 13.2 Å². The molecule has 0 unspecified atom stereocenters. The van der Waals surface area contributed by atoms with Gasteiger partial charge in [-0.1, -0.05) is 35.9 Å². The average molecular weight is 365 g/mol. The molecular formula is C16H13ClN2O4S. The molecule has 0 fully saturated rings. The molecule has 0 spiro atoms. The van der Waals surface area contributed by atoms with Crippen molar-refractivity contribution in [1.29, 1.82) is 0 Å². The van der Waals surface area contributed by atoms with Gasteiger partial charge < -0.3 is 4.74 Å². The molecule has 2 aromatic carbocycles. The molecule has 1 aliphatic rings. The number of carbonyl (C=O) groups excluding carboxylic acids is 1. The molecule has 8 heteroatoms. The fourth-order valence-electron chi connectivity index (χ4n) is 2.25. The average Bonchev–Trinajstić information content (AvgIpc) is 2.83. The quantitative estimate of drug-likeness (QED) is 0.666. The highest BCUT2D eigenvalue weighted by atomic mass is 35.5. The van der Waals surface area contributed by atoms with E-state index in [4.69, 9.17) is 16.3 Å². The fourth-order valence-corrected chi connectivity index (χ4v) is 3.72. The van der Waals surface area contributed by atoms with Crippen LogP contribution >= 0.6 is 11.6 Å². The molecule has 24 heavy (non-hydrogen) atoms. The Morgan fingerprint density at radius 1 is 1.12 bits per heavy atom. The highest BCUT2D eigenvalue weighted by Gasteiger charge is 2.29. The molecule has 0 radical (unpaired) electrons. The minimum atomic E-state index is -3.56. The van der Waals surface area contributed by atoms with Crippen LogP contribution in [0.5, 0.6) is 0 Å². The molecule has 6 nitrogen and oxygen atoms in total. The number of hydrogen-bond donors (Lipinski definition) is 1. The summed E-state index contributed by atoms with van der Waals surface area (Å²) in [5.41, 5.74) is 0.786. The summed E-state index contributed by atoms with van der Waals surface area (Å²) >= 11 is 5.92. The number of fused-ring (bicyclic) bond motifs is 1. The minimum absolute atomic E-state index is 0.0114. The van der Waals surface area contributed by atoms with E-state index in [1.165, 1.54) is 6.07 Å². The van der Waals surface area contributed by atoms with E-state index in [1.54, 1.807) is 42.5 Å². The topological polar surface area (TPSA) is 84.8 Å². The Morgan fingerprint density at radius 3 is 2.62 bits per heavy atom. The molecule has 1 heterocycles. The molecule has 0 atom stereocenters. The molecule has 124 valence electrons. The lowest BCUT2D eigenvalue weighted by atomic mass is 10.2. The molecule has 0 saturated carbocycles. The molecule has 2 aromatic rings. The van der Waals surface area contributed by atoms with Gasteiger partial charge in [-0.15, -0.1) is 0 Å². The summed E-state index contributed by atoms with van der Waals surface area (Å²) in [6.07, 6.45) is 0. The van der Waals surface area contributed by atoms with Crippen molar-refractivity contribution in [2.24, 2.45) is 4.99 Å². The summed E-state index contributed by atoms with van der Waals surface area (Å²) < 4.78 is 31.4. The van der Waals surface area contributed by atoms with E-state index >= 15 is 0 Å². The highest BCUT2D eigenvalue weighted by Crippen LogP contribution is 2.22. The predicted molar refractivity (Wildman–Crippen MR) is 89.9 cm³/mol. The van der Waals surface area contributed by atoms with Gasteiger partial charge in [0, 0.05) is 5.56 Å². The van der Waals surface area contributed by atoms with Gasteiger partial charge in [0.05, 0.1) is 22.0 Å². The molecule has 0 saturated heterocycles. The van der Waals surface area contributed by atoms with Gasteiger partial charge in [-0.05, 0) is 24.3 Å². The normalized spacial score (nSPS) is 16.5. The summed E-state index contributed by atoms with van der Waals surface area (Å²) in [7, 11) is -3.56. The van der Waals surface area contributed by atoms with Gasteiger partial charge in [0.15, 0.2) is 0 Å². The van der Waals surface area contributed by atoms with Crippen LogP contribution < -0.4 is 4.72 Å². The second-order valence-electron chi connectivity index (χ2n) is 4.95. The summed E-state index contributed by atoms with van der Waals surface area (Å²) in [5.74, 6) is -0.299. The number of carbonyl (C=O) groups is 1. The van der Waals surface area contributed by atoms with Gasteiger partial charge in [-0.3, -0.25) is 9.71 Å².